The van der Waals surface area contributed by atoms with Gasteiger partial charge < -0.3 is 4.74 Å². The zero-order valence-corrected chi connectivity index (χ0v) is 16.1. The van der Waals surface area contributed by atoms with Gasteiger partial charge in [0, 0.05) is 35.2 Å². The van der Waals surface area contributed by atoms with Gasteiger partial charge in [-0.05, 0) is 30.5 Å². The van der Waals surface area contributed by atoms with E-state index in [0.29, 0.717) is 23.4 Å². The topological polar surface area (TPSA) is 87.3 Å². The quantitative estimate of drug-likeness (QED) is 0.248. The summed E-state index contributed by atoms with van der Waals surface area (Å²) < 4.78 is 6.95. The summed E-state index contributed by atoms with van der Waals surface area (Å²) in [6.07, 6.45) is 3.82. The molecule has 0 saturated carbocycles. The van der Waals surface area contributed by atoms with Gasteiger partial charge >= 0.3 is 5.97 Å². The molecule has 0 aliphatic rings. The number of carbonyl (C=O) groups is 1. The van der Waals surface area contributed by atoms with Crippen molar-refractivity contribution in [3.05, 3.63) is 76.5 Å². The molecule has 0 unspecified atom stereocenters. The first-order chi connectivity index (χ1) is 13.6. The molecule has 0 aliphatic heterocycles. The smallest absolute Gasteiger partial charge is 0.310 e. The van der Waals surface area contributed by atoms with Gasteiger partial charge in [0.05, 0.1) is 22.7 Å². The van der Waals surface area contributed by atoms with Gasteiger partial charge in [0.1, 0.15) is 6.61 Å². The Hall–Kier alpha value is -3.13. The fraction of sp³-hybridized carbons (Fsp3) is 0.200. The zero-order chi connectivity index (χ0) is 19.9. The molecule has 0 bridgehead atoms. The second-order valence-electron chi connectivity index (χ2n) is 5.98. The number of para-hydroxylation sites is 1. The number of aromatic nitrogens is 2. The number of nitro groups is 1. The fourth-order valence-corrected chi connectivity index (χ4v) is 2.93. The molecule has 28 heavy (non-hydrogen) atoms. The van der Waals surface area contributed by atoms with Crippen LogP contribution in [0.15, 0.2) is 60.8 Å². The van der Waals surface area contributed by atoms with Gasteiger partial charge in [-0.15, -0.1) is 0 Å². The van der Waals surface area contributed by atoms with Crippen LogP contribution in [0.4, 0.5) is 5.69 Å². The molecule has 0 N–H and O–H groups in total. The summed E-state index contributed by atoms with van der Waals surface area (Å²) >= 11 is 1.61. The van der Waals surface area contributed by atoms with Crippen LogP contribution in [-0.4, -0.2) is 39.3 Å². The highest BCUT2D eigenvalue weighted by Gasteiger charge is 2.17. The number of hydrogen-bond acceptors (Lipinski definition) is 6. The lowest BCUT2D eigenvalue weighted by molar-refractivity contribution is -0.384. The lowest BCUT2D eigenvalue weighted by Gasteiger charge is -2.04. The maximum absolute atomic E-state index is 12.2. The van der Waals surface area contributed by atoms with Crippen molar-refractivity contribution in [2.24, 2.45) is 0 Å². The summed E-state index contributed by atoms with van der Waals surface area (Å²) in [5.74, 6) is 0.411. The van der Waals surface area contributed by atoms with Gasteiger partial charge in [-0.3, -0.25) is 14.9 Å². The number of esters is 1. The van der Waals surface area contributed by atoms with Crippen LogP contribution < -0.4 is 0 Å². The number of ether oxygens (including phenoxy) is 1. The van der Waals surface area contributed by atoms with Crippen LogP contribution in [0, 0.1) is 10.1 Å². The summed E-state index contributed by atoms with van der Waals surface area (Å²) in [5, 5.41) is 15.5. The molecule has 0 fully saturated rings. The molecular formula is C20H19N3O4S. The SMILES string of the molecule is CSCCOC(=O)Cc1cn(-c2ccccc2)nc1-c1ccc([N+](=O)[O-])cc1. The summed E-state index contributed by atoms with van der Waals surface area (Å²) in [6.45, 7) is 0.361. The molecule has 144 valence electrons. The lowest BCUT2D eigenvalue weighted by atomic mass is 10.1. The van der Waals surface area contributed by atoms with Crippen LogP contribution in [0.2, 0.25) is 0 Å². The molecular weight excluding hydrogens is 378 g/mol. The van der Waals surface area contributed by atoms with Crippen molar-refractivity contribution in [3.63, 3.8) is 0 Å². The van der Waals surface area contributed by atoms with Gasteiger partial charge in [-0.2, -0.15) is 16.9 Å². The minimum absolute atomic E-state index is 0.00395. The number of non-ortho nitro benzene ring substituents is 1. The van der Waals surface area contributed by atoms with Crippen molar-refractivity contribution in [2.75, 3.05) is 18.6 Å². The van der Waals surface area contributed by atoms with Crippen molar-refractivity contribution >= 4 is 23.4 Å². The van der Waals surface area contributed by atoms with Crippen molar-refractivity contribution in [2.45, 2.75) is 6.42 Å². The van der Waals surface area contributed by atoms with Crippen molar-refractivity contribution in [1.29, 1.82) is 0 Å². The minimum Gasteiger partial charge on any atom is -0.465 e. The molecule has 7 nitrogen and oxygen atoms in total. The predicted molar refractivity (Wildman–Crippen MR) is 109 cm³/mol. The van der Waals surface area contributed by atoms with E-state index in [2.05, 4.69) is 5.10 Å². The number of hydrogen-bond donors (Lipinski definition) is 0. The molecule has 0 saturated heterocycles. The van der Waals surface area contributed by atoms with Gasteiger partial charge in [0.25, 0.3) is 5.69 Å². The summed E-state index contributed by atoms with van der Waals surface area (Å²) in [7, 11) is 0. The molecule has 2 aromatic carbocycles. The van der Waals surface area contributed by atoms with Crippen LogP contribution in [0.3, 0.4) is 0 Å². The predicted octanol–water partition coefficient (Wildman–Crippen LogP) is 3.90. The van der Waals surface area contributed by atoms with Gasteiger partial charge in [0.2, 0.25) is 0 Å². The Morgan fingerprint density at radius 2 is 1.89 bits per heavy atom. The molecule has 0 amide bonds. The Labute approximate surface area is 166 Å². The highest BCUT2D eigenvalue weighted by Crippen LogP contribution is 2.26. The number of nitro benzene ring substituents is 1. The van der Waals surface area contributed by atoms with Crippen molar-refractivity contribution in [1.82, 2.24) is 9.78 Å². The Balaban J connectivity index is 1.93. The fourth-order valence-electron chi connectivity index (χ4n) is 2.68. The zero-order valence-electron chi connectivity index (χ0n) is 15.3. The molecule has 3 aromatic rings. The molecule has 3 rings (SSSR count). The molecule has 0 atom stereocenters. The molecule has 0 radical (unpaired) electrons. The van der Waals surface area contributed by atoms with Crippen LogP contribution in [0.1, 0.15) is 5.56 Å². The molecule has 0 spiro atoms. The van der Waals surface area contributed by atoms with Crippen LogP contribution in [-0.2, 0) is 16.0 Å². The molecule has 1 heterocycles. The van der Waals surface area contributed by atoms with Crippen LogP contribution in [0.5, 0.6) is 0 Å². The average molecular weight is 397 g/mol. The highest BCUT2D eigenvalue weighted by molar-refractivity contribution is 7.98. The summed E-state index contributed by atoms with van der Waals surface area (Å²) in [6, 6.07) is 15.7. The average Bonchev–Trinajstić information content (AvgIpc) is 3.12. The van der Waals surface area contributed by atoms with Gasteiger partial charge in [0.15, 0.2) is 0 Å². The maximum atomic E-state index is 12.2. The van der Waals surface area contributed by atoms with E-state index < -0.39 is 4.92 Å². The van der Waals surface area contributed by atoms with Gasteiger partial charge in [-0.25, -0.2) is 4.68 Å². The minimum atomic E-state index is -0.448. The second-order valence-corrected chi connectivity index (χ2v) is 6.96. The van der Waals surface area contributed by atoms with E-state index >= 15 is 0 Å². The standard InChI is InChI=1S/C20H19N3O4S/c1-28-12-11-27-19(24)13-16-14-22(17-5-3-2-4-6-17)21-20(16)15-7-9-18(10-8-15)23(25)26/h2-10,14H,11-13H2,1H3. The normalized spacial score (nSPS) is 10.6. The first kappa shape index (κ1) is 19.6. The Morgan fingerprint density at radius 1 is 1.18 bits per heavy atom. The lowest BCUT2D eigenvalue weighted by Crippen LogP contribution is -2.10. The number of carbonyl (C=O) groups excluding carboxylic acids is 1. The van der Waals surface area contributed by atoms with E-state index in [4.69, 9.17) is 4.74 Å². The van der Waals surface area contributed by atoms with E-state index in [1.54, 1.807) is 34.8 Å². The number of nitrogens with zero attached hydrogens (tertiary/aromatic N) is 3. The molecule has 0 aliphatic carbocycles. The number of thioether (sulfide) groups is 1. The third-order valence-electron chi connectivity index (χ3n) is 4.05. The monoisotopic (exact) mass is 397 g/mol. The number of benzene rings is 2. The first-order valence-corrected chi connectivity index (χ1v) is 10.0. The van der Waals surface area contributed by atoms with Crippen LogP contribution in [0.25, 0.3) is 16.9 Å². The Bertz CT molecular complexity index is 955. The molecule has 8 heteroatoms. The largest absolute Gasteiger partial charge is 0.465 e. The van der Waals surface area contributed by atoms with E-state index in [-0.39, 0.29) is 18.1 Å². The van der Waals surface area contributed by atoms with Crippen LogP contribution >= 0.6 is 11.8 Å². The Morgan fingerprint density at radius 3 is 2.54 bits per heavy atom. The highest BCUT2D eigenvalue weighted by atomic mass is 32.2. The van der Waals surface area contributed by atoms with E-state index in [1.165, 1.54) is 12.1 Å². The van der Waals surface area contributed by atoms with Crippen molar-refractivity contribution < 1.29 is 14.5 Å². The second kappa shape index (κ2) is 9.18. The number of rotatable bonds is 8. The maximum Gasteiger partial charge on any atom is 0.310 e. The van der Waals surface area contributed by atoms with E-state index in [0.717, 1.165) is 11.4 Å². The van der Waals surface area contributed by atoms with Gasteiger partial charge in [-0.1, -0.05) is 18.2 Å². The molecule has 1 aromatic heterocycles. The Kier molecular flexibility index (Phi) is 6.44. The third-order valence-corrected chi connectivity index (χ3v) is 4.62. The third kappa shape index (κ3) is 4.77. The van der Waals surface area contributed by atoms with E-state index in [1.807, 2.05) is 36.6 Å². The van der Waals surface area contributed by atoms with E-state index in [9.17, 15) is 14.9 Å². The van der Waals surface area contributed by atoms with Crippen molar-refractivity contribution in [3.8, 4) is 16.9 Å². The summed E-state index contributed by atoms with van der Waals surface area (Å²) in [5.41, 5.74) is 2.86. The first-order valence-electron chi connectivity index (χ1n) is 8.62. The summed E-state index contributed by atoms with van der Waals surface area (Å²) in [4.78, 5) is 22.7.